The van der Waals surface area contributed by atoms with Gasteiger partial charge >= 0.3 is 0 Å². The molecule has 2 heterocycles. The van der Waals surface area contributed by atoms with Crippen LogP contribution in [0.15, 0.2) is 0 Å². The number of carbonyl (C=O) groups is 2. The van der Waals surface area contributed by atoms with Crippen molar-refractivity contribution < 1.29 is 9.59 Å². The smallest absolute Gasteiger partial charge is 0.246 e. The third kappa shape index (κ3) is 2.76. The summed E-state index contributed by atoms with van der Waals surface area (Å²) in [5, 5.41) is 2.85. The molecular weight excluding hydrogens is 242 g/mol. The molecule has 0 radical (unpaired) electrons. The topological polar surface area (TPSA) is 52.7 Å². The van der Waals surface area contributed by atoms with E-state index in [1.54, 1.807) is 0 Å². The maximum absolute atomic E-state index is 12.6. The van der Waals surface area contributed by atoms with Gasteiger partial charge in [0.25, 0.3) is 0 Å². The maximum Gasteiger partial charge on any atom is 0.246 e. The van der Waals surface area contributed by atoms with Crippen molar-refractivity contribution in [1.82, 2.24) is 15.1 Å². The van der Waals surface area contributed by atoms with Gasteiger partial charge in [-0.1, -0.05) is 13.8 Å². The molecule has 2 saturated heterocycles. The van der Waals surface area contributed by atoms with Crippen molar-refractivity contribution in [1.29, 1.82) is 0 Å². The molecule has 0 aromatic rings. The Kier molecular flexibility index (Phi) is 4.45. The van der Waals surface area contributed by atoms with Crippen molar-refractivity contribution in [2.75, 3.05) is 20.1 Å². The van der Waals surface area contributed by atoms with Crippen LogP contribution in [-0.4, -0.2) is 59.9 Å². The summed E-state index contributed by atoms with van der Waals surface area (Å²) >= 11 is 0. The van der Waals surface area contributed by atoms with Crippen LogP contribution in [0.1, 0.15) is 39.5 Å². The van der Waals surface area contributed by atoms with Crippen LogP contribution in [0.4, 0.5) is 0 Å². The molecule has 0 spiro atoms. The van der Waals surface area contributed by atoms with Gasteiger partial charge in [-0.15, -0.1) is 0 Å². The number of hydrogen-bond donors (Lipinski definition) is 1. The summed E-state index contributed by atoms with van der Waals surface area (Å²) in [6, 6.07) is -0.425. The zero-order chi connectivity index (χ0) is 14.0. The number of likely N-dealkylation sites (tertiary alicyclic amines) is 1. The van der Waals surface area contributed by atoms with Crippen LogP contribution in [0.5, 0.6) is 0 Å². The molecule has 2 amide bonds. The highest BCUT2D eigenvalue weighted by Crippen LogP contribution is 2.23. The minimum absolute atomic E-state index is 0.0159. The zero-order valence-electron chi connectivity index (χ0n) is 12.2. The van der Waals surface area contributed by atoms with Crippen molar-refractivity contribution in [3.05, 3.63) is 0 Å². The molecule has 3 unspecified atom stereocenters. The molecule has 5 heteroatoms. The van der Waals surface area contributed by atoms with Gasteiger partial charge < -0.3 is 15.1 Å². The molecule has 5 nitrogen and oxygen atoms in total. The first-order valence-corrected chi connectivity index (χ1v) is 7.39. The van der Waals surface area contributed by atoms with E-state index >= 15 is 0 Å². The first-order chi connectivity index (χ1) is 9.08. The second kappa shape index (κ2) is 5.90. The molecule has 2 fully saturated rings. The quantitative estimate of drug-likeness (QED) is 0.814. The molecule has 19 heavy (non-hydrogen) atoms. The van der Waals surface area contributed by atoms with Gasteiger partial charge in [-0.2, -0.15) is 0 Å². The van der Waals surface area contributed by atoms with E-state index in [1.165, 1.54) is 0 Å². The SMILES string of the molecule is CCC1NC(=O)C(CC)N(C2CCCN(C)C2)C1=O. The lowest BCUT2D eigenvalue weighted by atomic mass is 9.96. The lowest BCUT2D eigenvalue weighted by molar-refractivity contribution is -0.153. The standard InChI is InChI=1S/C14H25N3O2/c1-4-11-14(19)17(12(5-2)13(18)15-11)10-7-6-8-16(3)9-10/h10-12H,4-9H2,1-3H3,(H,15,18). The van der Waals surface area contributed by atoms with Gasteiger partial charge in [-0.25, -0.2) is 0 Å². The average Bonchev–Trinajstić information content (AvgIpc) is 2.40. The second-order valence-electron chi connectivity index (χ2n) is 5.70. The Bertz CT molecular complexity index is 359. The van der Waals surface area contributed by atoms with Gasteiger partial charge in [-0.3, -0.25) is 9.59 Å². The van der Waals surface area contributed by atoms with Gasteiger partial charge in [0.2, 0.25) is 11.8 Å². The lowest BCUT2D eigenvalue weighted by Gasteiger charge is -2.45. The first-order valence-electron chi connectivity index (χ1n) is 7.39. The van der Waals surface area contributed by atoms with E-state index in [0.717, 1.165) is 25.9 Å². The Morgan fingerprint density at radius 1 is 1.26 bits per heavy atom. The van der Waals surface area contributed by atoms with E-state index in [0.29, 0.717) is 12.8 Å². The van der Waals surface area contributed by atoms with Crippen molar-refractivity contribution in [2.45, 2.75) is 57.7 Å². The van der Waals surface area contributed by atoms with E-state index in [2.05, 4.69) is 17.3 Å². The fourth-order valence-corrected chi connectivity index (χ4v) is 3.25. The second-order valence-corrected chi connectivity index (χ2v) is 5.70. The van der Waals surface area contributed by atoms with Gasteiger partial charge in [0.15, 0.2) is 0 Å². The lowest BCUT2D eigenvalue weighted by Crippen LogP contribution is -2.67. The maximum atomic E-state index is 12.6. The van der Waals surface area contributed by atoms with Crippen LogP contribution >= 0.6 is 0 Å². The number of piperazine rings is 1. The Labute approximate surface area is 115 Å². The van der Waals surface area contributed by atoms with Gasteiger partial charge in [0, 0.05) is 12.6 Å². The van der Waals surface area contributed by atoms with Crippen molar-refractivity contribution in [3.63, 3.8) is 0 Å². The van der Waals surface area contributed by atoms with Gasteiger partial charge in [0.05, 0.1) is 0 Å². The molecule has 0 aromatic carbocycles. The van der Waals surface area contributed by atoms with Crippen LogP contribution in [0, 0.1) is 0 Å². The highest BCUT2D eigenvalue weighted by atomic mass is 16.2. The minimum Gasteiger partial charge on any atom is -0.343 e. The summed E-state index contributed by atoms with van der Waals surface area (Å²) in [7, 11) is 2.08. The van der Waals surface area contributed by atoms with Crippen LogP contribution in [0.2, 0.25) is 0 Å². The Morgan fingerprint density at radius 2 is 2.00 bits per heavy atom. The number of hydrogen-bond acceptors (Lipinski definition) is 3. The third-order valence-corrected chi connectivity index (χ3v) is 4.30. The summed E-state index contributed by atoms with van der Waals surface area (Å²) in [5.41, 5.74) is 0. The molecule has 0 aliphatic carbocycles. The van der Waals surface area contributed by atoms with Gasteiger partial charge in [0.1, 0.15) is 12.1 Å². The monoisotopic (exact) mass is 267 g/mol. The van der Waals surface area contributed by atoms with Crippen molar-refractivity contribution in [2.24, 2.45) is 0 Å². The fourth-order valence-electron chi connectivity index (χ4n) is 3.25. The molecule has 0 saturated carbocycles. The van der Waals surface area contributed by atoms with Crippen LogP contribution in [-0.2, 0) is 9.59 Å². The number of rotatable bonds is 3. The van der Waals surface area contributed by atoms with E-state index in [4.69, 9.17) is 0 Å². The summed E-state index contributed by atoms with van der Waals surface area (Å²) < 4.78 is 0. The van der Waals surface area contributed by atoms with E-state index in [9.17, 15) is 9.59 Å². The molecule has 0 aromatic heterocycles. The minimum atomic E-state index is -0.331. The number of carbonyl (C=O) groups excluding carboxylic acids is 2. The van der Waals surface area contributed by atoms with E-state index < -0.39 is 0 Å². The van der Waals surface area contributed by atoms with E-state index in [-0.39, 0.29) is 29.9 Å². The summed E-state index contributed by atoms with van der Waals surface area (Å²) in [6.07, 6.45) is 3.46. The summed E-state index contributed by atoms with van der Waals surface area (Å²) in [6.45, 7) is 5.88. The highest BCUT2D eigenvalue weighted by molar-refractivity contribution is 5.97. The van der Waals surface area contributed by atoms with Crippen LogP contribution in [0.3, 0.4) is 0 Å². The number of nitrogens with zero attached hydrogens (tertiary/aromatic N) is 2. The molecule has 2 aliphatic heterocycles. The summed E-state index contributed by atoms with van der Waals surface area (Å²) in [5.74, 6) is 0.122. The molecule has 1 N–H and O–H groups in total. The summed E-state index contributed by atoms with van der Waals surface area (Å²) in [4.78, 5) is 28.9. The van der Waals surface area contributed by atoms with E-state index in [1.807, 2.05) is 18.7 Å². The number of likely N-dealkylation sites (N-methyl/N-ethyl adjacent to an activating group) is 1. The van der Waals surface area contributed by atoms with Crippen molar-refractivity contribution >= 4 is 11.8 Å². The Morgan fingerprint density at radius 3 is 2.58 bits per heavy atom. The predicted molar refractivity (Wildman–Crippen MR) is 73.7 cm³/mol. The first kappa shape index (κ1) is 14.3. The number of piperidine rings is 1. The molecule has 2 rings (SSSR count). The van der Waals surface area contributed by atoms with Crippen LogP contribution < -0.4 is 5.32 Å². The third-order valence-electron chi connectivity index (χ3n) is 4.30. The molecule has 3 atom stereocenters. The Hall–Kier alpha value is -1.10. The molecule has 108 valence electrons. The zero-order valence-corrected chi connectivity index (χ0v) is 12.2. The largest absolute Gasteiger partial charge is 0.343 e. The predicted octanol–water partition coefficient (Wildman–Crippen LogP) is 0.596. The number of amides is 2. The Balaban J connectivity index is 2.21. The normalized spacial score (nSPS) is 33.4. The average molecular weight is 267 g/mol. The van der Waals surface area contributed by atoms with Crippen molar-refractivity contribution in [3.8, 4) is 0 Å². The number of nitrogens with one attached hydrogen (secondary N) is 1. The molecular formula is C14H25N3O2. The fraction of sp³-hybridized carbons (Fsp3) is 0.857. The molecule has 0 bridgehead atoms. The van der Waals surface area contributed by atoms with Crippen LogP contribution in [0.25, 0.3) is 0 Å². The van der Waals surface area contributed by atoms with Gasteiger partial charge in [-0.05, 0) is 39.3 Å². The highest BCUT2D eigenvalue weighted by Gasteiger charge is 2.42. The molecule has 2 aliphatic rings.